The standard InChI is InChI=1S/C25H23Cl2F3N2O3/c1-13-8-15-9-16(31(2)21(15)11-19(13)25(28,29)30)10-18-20(26)6-5-17(22(18)27)23(33)32-7-3-4-14(12-32)24(34)35/h5-6,8-9,11,14H,3-4,7,10,12H2,1-2H3,(H,34,35). The van der Waals surface area contributed by atoms with Gasteiger partial charge in [0.2, 0.25) is 0 Å². The van der Waals surface area contributed by atoms with Crippen LogP contribution in [0.5, 0.6) is 0 Å². The van der Waals surface area contributed by atoms with Crippen molar-refractivity contribution < 1.29 is 27.9 Å². The molecule has 10 heteroatoms. The normalized spacial score (nSPS) is 16.7. The number of fused-ring (bicyclic) bond motifs is 1. The number of benzene rings is 2. The van der Waals surface area contributed by atoms with Crippen LogP contribution in [0.1, 0.15) is 45.6 Å². The molecule has 2 aromatic carbocycles. The Morgan fingerprint density at radius 2 is 1.89 bits per heavy atom. The maximum atomic E-state index is 13.4. The summed E-state index contributed by atoms with van der Waals surface area (Å²) in [7, 11) is 1.67. The second-order valence-electron chi connectivity index (χ2n) is 8.91. The number of likely N-dealkylation sites (tertiary alicyclic amines) is 1. The lowest BCUT2D eigenvalue weighted by atomic mass is 9.97. The van der Waals surface area contributed by atoms with Crippen molar-refractivity contribution in [2.24, 2.45) is 13.0 Å². The Morgan fingerprint density at radius 1 is 1.17 bits per heavy atom. The number of hydrogen-bond donors (Lipinski definition) is 1. The number of halogens is 5. The van der Waals surface area contributed by atoms with E-state index in [1.165, 1.54) is 24.0 Å². The lowest BCUT2D eigenvalue weighted by Gasteiger charge is -2.31. The van der Waals surface area contributed by atoms with Crippen molar-refractivity contribution in [3.63, 3.8) is 0 Å². The summed E-state index contributed by atoms with van der Waals surface area (Å²) in [5.74, 6) is -1.94. The lowest BCUT2D eigenvalue weighted by Crippen LogP contribution is -2.42. The lowest BCUT2D eigenvalue weighted by molar-refractivity contribution is -0.143. The Balaban J connectivity index is 1.69. The predicted molar refractivity (Wildman–Crippen MR) is 128 cm³/mol. The van der Waals surface area contributed by atoms with Crippen molar-refractivity contribution in [2.75, 3.05) is 13.1 Å². The number of amides is 1. The molecule has 0 aliphatic carbocycles. The summed E-state index contributed by atoms with van der Waals surface area (Å²) in [6.45, 7) is 1.96. The van der Waals surface area contributed by atoms with Gasteiger partial charge in [-0.1, -0.05) is 23.2 Å². The second-order valence-corrected chi connectivity index (χ2v) is 9.70. The van der Waals surface area contributed by atoms with Gasteiger partial charge in [-0.2, -0.15) is 13.2 Å². The molecule has 4 rings (SSSR count). The highest BCUT2D eigenvalue weighted by atomic mass is 35.5. The van der Waals surface area contributed by atoms with Crippen LogP contribution in [0.2, 0.25) is 10.0 Å². The molecule has 2 heterocycles. The molecule has 0 spiro atoms. The number of carbonyl (C=O) groups excluding carboxylic acids is 1. The molecule has 5 nitrogen and oxygen atoms in total. The minimum atomic E-state index is -4.46. The van der Waals surface area contributed by atoms with Crippen LogP contribution < -0.4 is 0 Å². The Kier molecular flexibility index (Phi) is 6.81. The number of carboxylic acid groups (broad SMARTS) is 1. The molecule has 1 aliphatic heterocycles. The van der Waals surface area contributed by atoms with Crippen LogP contribution in [0.15, 0.2) is 30.3 Å². The van der Waals surface area contributed by atoms with Gasteiger partial charge in [-0.15, -0.1) is 0 Å². The molecule has 1 atom stereocenters. The molecule has 0 bridgehead atoms. The van der Waals surface area contributed by atoms with Crippen LogP contribution in [0.3, 0.4) is 0 Å². The third kappa shape index (κ3) is 4.86. The van der Waals surface area contributed by atoms with E-state index < -0.39 is 23.6 Å². The van der Waals surface area contributed by atoms with Crippen molar-refractivity contribution in [1.29, 1.82) is 0 Å². The molecule has 1 amide bonds. The first kappa shape index (κ1) is 25.4. The molecule has 1 unspecified atom stereocenters. The molecule has 1 aliphatic rings. The average Bonchev–Trinajstić information content (AvgIpc) is 3.09. The second kappa shape index (κ2) is 9.39. The largest absolute Gasteiger partial charge is 0.481 e. The smallest absolute Gasteiger partial charge is 0.416 e. The number of carbonyl (C=O) groups is 2. The van der Waals surface area contributed by atoms with Crippen molar-refractivity contribution in [3.8, 4) is 0 Å². The van der Waals surface area contributed by atoms with Crippen LogP contribution in [0, 0.1) is 12.8 Å². The molecule has 1 aromatic heterocycles. The SMILES string of the molecule is Cc1cc2cc(Cc3c(Cl)ccc(C(=O)N4CCCC(C(=O)O)C4)c3Cl)n(C)c2cc1C(F)(F)F. The van der Waals surface area contributed by atoms with Crippen LogP contribution in [0.25, 0.3) is 10.9 Å². The monoisotopic (exact) mass is 526 g/mol. The highest BCUT2D eigenvalue weighted by Crippen LogP contribution is 2.37. The molecule has 186 valence electrons. The zero-order valence-corrected chi connectivity index (χ0v) is 20.6. The van der Waals surface area contributed by atoms with Gasteiger partial charge in [0.15, 0.2) is 0 Å². The van der Waals surface area contributed by atoms with E-state index in [9.17, 15) is 27.9 Å². The third-order valence-electron chi connectivity index (χ3n) is 6.63. The summed E-state index contributed by atoms with van der Waals surface area (Å²) in [6.07, 6.45) is -3.18. The number of piperidine rings is 1. The molecule has 3 aromatic rings. The van der Waals surface area contributed by atoms with E-state index in [0.717, 1.165) is 6.07 Å². The number of aliphatic carboxylic acids is 1. The molecule has 0 saturated carbocycles. The predicted octanol–water partition coefficient (Wildman–Crippen LogP) is 6.34. The number of hydrogen-bond acceptors (Lipinski definition) is 2. The maximum absolute atomic E-state index is 13.4. The maximum Gasteiger partial charge on any atom is 0.416 e. The number of aryl methyl sites for hydroxylation is 2. The summed E-state index contributed by atoms with van der Waals surface area (Å²) in [4.78, 5) is 26.0. The molecule has 1 saturated heterocycles. The zero-order valence-electron chi connectivity index (χ0n) is 19.0. The highest BCUT2D eigenvalue weighted by molar-refractivity contribution is 6.38. The molecule has 1 N–H and O–H groups in total. The van der Waals surface area contributed by atoms with E-state index in [2.05, 4.69) is 0 Å². The van der Waals surface area contributed by atoms with Crippen molar-refractivity contribution in [1.82, 2.24) is 9.47 Å². The van der Waals surface area contributed by atoms with Gasteiger partial charge in [0.25, 0.3) is 5.91 Å². The van der Waals surface area contributed by atoms with Gasteiger partial charge in [0.1, 0.15) is 0 Å². The number of carboxylic acids is 1. The van der Waals surface area contributed by atoms with E-state index >= 15 is 0 Å². The van der Waals surface area contributed by atoms with Gasteiger partial charge in [0.05, 0.1) is 22.1 Å². The quantitative estimate of drug-likeness (QED) is 0.431. The minimum Gasteiger partial charge on any atom is -0.481 e. The Morgan fingerprint density at radius 3 is 2.54 bits per heavy atom. The van der Waals surface area contributed by atoms with Gasteiger partial charge < -0.3 is 14.6 Å². The van der Waals surface area contributed by atoms with Gasteiger partial charge in [-0.25, -0.2) is 0 Å². The average molecular weight is 527 g/mol. The summed E-state index contributed by atoms with van der Waals surface area (Å²) in [6, 6.07) is 7.49. The summed E-state index contributed by atoms with van der Waals surface area (Å²) in [5.41, 5.74) is 1.23. The van der Waals surface area contributed by atoms with Crippen molar-refractivity contribution in [2.45, 2.75) is 32.4 Å². The summed E-state index contributed by atoms with van der Waals surface area (Å²) >= 11 is 13.1. The Bertz CT molecular complexity index is 1330. The Labute approximate surface area is 210 Å². The van der Waals surface area contributed by atoms with Gasteiger partial charge in [0, 0.05) is 48.2 Å². The first-order valence-electron chi connectivity index (χ1n) is 11.0. The number of aromatic nitrogens is 1. The molecule has 35 heavy (non-hydrogen) atoms. The number of rotatable bonds is 4. The molecular weight excluding hydrogens is 504 g/mol. The van der Waals surface area contributed by atoms with E-state index in [4.69, 9.17) is 23.2 Å². The van der Waals surface area contributed by atoms with E-state index in [0.29, 0.717) is 46.6 Å². The Hall–Kier alpha value is -2.71. The topological polar surface area (TPSA) is 62.5 Å². The minimum absolute atomic E-state index is 0.104. The first-order valence-corrected chi connectivity index (χ1v) is 11.8. The first-order chi connectivity index (χ1) is 16.4. The fraction of sp³-hybridized carbons (Fsp3) is 0.360. The van der Waals surface area contributed by atoms with Gasteiger partial charge in [-0.3, -0.25) is 9.59 Å². The van der Waals surface area contributed by atoms with E-state index in [1.807, 2.05) is 0 Å². The van der Waals surface area contributed by atoms with E-state index in [1.54, 1.807) is 23.7 Å². The van der Waals surface area contributed by atoms with Crippen molar-refractivity contribution >= 4 is 46.0 Å². The summed E-state index contributed by atoms with van der Waals surface area (Å²) in [5, 5.41) is 10.5. The zero-order chi connectivity index (χ0) is 25.7. The third-order valence-corrected chi connectivity index (χ3v) is 7.41. The van der Waals surface area contributed by atoms with Gasteiger partial charge >= 0.3 is 12.1 Å². The van der Waals surface area contributed by atoms with Crippen LogP contribution in [0.4, 0.5) is 13.2 Å². The van der Waals surface area contributed by atoms with Crippen LogP contribution in [-0.2, 0) is 24.4 Å². The summed E-state index contributed by atoms with van der Waals surface area (Å²) < 4.78 is 41.9. The number of alkyl halides is 3. The molecule has 1 fully saturated rings. The fourth-order valence-corrected chi connectivity index (χ4v) is 5.26. The van der Waals surface area contributed by atoms with E-state index in [-0.39, 0.29) is 35.0 Å². The van der Waals surface area contributed by atoms with Crippen LogP contribution in [-0.4, -0.2) is 39.5 Å². The highest BCUT2D eigenvalue weighted by Gasteiger charge is 2.33. The van der Waals surface area contributed by atoms with Crippen molar-refractivity contribution in [3.05, 3.63) is 68.3 Å². The molecular formula is C25H23Cl2F3N2O3. The fourth-order valence-electron chi connectivity index (χ4n) is 4.67. The van der Waals surface area contributed by atoms with Gasteiger partial charge in [-0.05, 0) is 61.2 Å². The van der Waals surface area contributed by atoms with Crippen LogP contribution >= 0.6 is 23.2 Å². The number of nitrogens with zero attached hydrogens (tertiary/aromatic N) is 2. The molecule has 0 radical (unpaired) electrons.